The number of benzene rings is 1. The smallest absolute Gasteiger partial charge is 0.184 e. The zero-order valence-electron chi connectivity index (χ0n) is 18.1. The number of rotatable bonds is 3. The Morgan fingerprint density at radius 2 is 1.91 bits per heavy atom. The number of aliphatic hydroxyl groups excluding tert-OH is 5. The van der Waals surface area contributed by atoms with Gasteiger partial charge in [0.1, 0.15) is 49.0 Å². The number of phenolic OH excluding ortho intramolecular Hbond substituents is 1. The third kappa shape index (κ3) is 2.80. The van der Waals surface area contributed by atoms with Crippen LogP contribution in [-0.2, 0) is 16.6 Å². The van der Waals surface area contributed by atoms with Crippen molar-refractivity contribution >= 4 is 0 Å². The highest BCUT2D eigenvalue weighted by molar-refractivity contribution is 5.66. The van der Waals surface area contributed by atoms with Crippen LogP contribution in [-0.4, -0.2) is 105 Å². The Labute approximate surface area is 190 Å². The predicted molar refractivity (Wildman–Crippen MR) is 112 cm³/mol. The molecule has 1 aromatic carbocycles. The summed E-state index contributed by atoms with van der Waals surface area (Å²) in [5.74, 6) is 0.837. The van der Waals surface area contributed by atoms with Gasteiger partial charge in [0.2, 0.25) is 0 Å². The number of aromatic hydroxyl groups is 1. The van der Waals surface area contributed by atoms with Gasteiger partial charge in [-0.05, 0) is 26.4 Å². The lowest BCUT2D eigenvalue weighted by atomic mass is 9.53. The van der Waals surface area contributed by atoms with Crippen molar-refractivity contribution in [1.29, 1.82) is 0 Å². The van der Waals surface area contributed by atoms with Crippen LogP contribution in [0.25, 0.3) is 0 Å². The number of phenols is 1. The van der Waals surface area contributed by atoms with E-state index in [0.29, 0.717) is 17.9 Å². The first kappa shape index (κ1) is 21.6. The van der Waals surface area contributed by atoms with Gasteiger partial charge in [0.25, 0.3) is 0 Å². The fraction of sp³-hybridized carbons (Fsp3) is 0.652. The van der Waals surface area contributed by atoms with Gasteiger partial charge in [0, 0.05) is 34.6 Å². The van der Waals surface area contributed by atoms with Crippen LogP contribution in [0.2, 0.25) is 0 Å². The molecule has 10 atom stereocenters. The summed E-state index contributed by atoms with van der Waals surface area (Å²) in [4.78, 5) is 2.30. The molecule has 6 rings (SSSR count). The molecule has 1 spiro atoms. The summed E-state index contributed by atoms with van der Waals surface area (Å²) < 4.78 is 17.4. The molecule has 0 aromatic heterocycles. The molecule has 33 heavy (non-hydrogen) atoms. The average molecular weight is 463 g/mol. The molecule has 0 unspecified atom stereocenters. The van der Waals surface area contributed by atoms with Gasteiger partial charge in [-0.1, -0.05) is 12.2 Å². The lowest BCUT2D eigenvalue weighted by Gasteiger charge is -2.56. The Morgan fingerprint density at radius 3 is 2.70 bits per heavy atom. The van der Waals surface area contributed by atoms with Gasteiger partial charge in [-0.15, -0.1) is 0 Å². The largest absolute Gasteiger partial charge is 0.504 e. The van der Waals surface area contributed by atoms with E-state index in [9.17, 15) is 30.6 Å². The highest BCUT2D eigenvalue weighted by Gasteiger charge is 2.64. The standard InChI is InChI=1S/C23H29NO9/c1-24-5-4-23-10-2-3-12(25)21(23)33-20-13(26)7-14(9(16(20)23)6-11(10)24)31-8-15-17(27)18(28)19(29)22(30)32-15/h2-3,7,10-12,15,17-19,21-22,25-30H,4-6,8H2,1H3/t10-,11+,12-,15+,17+,18-,19-,21-,22-,23-/m0/s1. The third-order valence-corrected chi connectivity index (χ3v) is 8.33. The molecule has 0 radical (unpaired) electrons. The maximum absolute atomic E-state index is 10.8. The van der Waals surface area contributed by atoms with Gasteiger partial charge in [0.05, 0.1) is 0 Å². The van der Waals surface area contributed by atoms with E-state index < -0.39 is 48.3 Å². The fourth-order valence-corrected chi connectivity index (χ4v) is 6.66. The summed E-state index contributed by atoms with van der Waals surface area (Å²) >= 11 is 0. The summed E-state index contributed by atoms with van der Waals surface area (Å²) in [5.41, 5.74) is 1.29. The molecule has 10 nitrogen and oxygen atoms in total. The Balaban J connectivity index is 1.38. The molecule has 6 N–H and O–H groups in total. The van der Waals surface area contributed by atoms with E-state index in [-0.39, 0.29) is 24.3 Å². The Bertz CT molecular complexity index is 1000. The normalized spacial score (nSPS) is 45.5. The summed E-state index contributed by atoms with van der Waals surface area (Å²) in [6, 6.07) is 1.63. The van der Waals surface area contributed by atoms with Crippen LogP contribution in [0.15, 0.2) is 18.2 Å². The van der Waals surface area contributed by atoms with Gasteiger partial charge in [-0.3, -0.25) is 0 Å². The second-order valence-corrected chi connectivity index (χ2v) is 9.91. The van der Waals surface area contributed by atoms with Crippen LogP contribution in [0, 0.1) is 5.92 Å². The molecule has 0 amide bonds. The van der Waals surface area contributed by atoms with Crippen molar-refractivity contribution in [2.75, 3.05) is 20.2 Å². The molecule has 180 valence electrons. The highest BCUT2D eigenvalue weighted by atomic mass is 16.6. The number of hydrogen-bond donors (Lipinski definition) is 6. The zero-order valence-corrected chi connectivity index (χ0v) is 18.1. The van der Waals surface area contributed by atoms with E-state index in [1.165, 1.54) is 6.07 Å². The molecule has 2 fully saturated rings. The van der Waals surface area contributed by atoms with E-state index >= 15 is 0 Å². The number of piperidine rings is 1. The second kappa shape index (κ2) is 7.29. The molecule has 0 saturated carbocycles. The quantitative estimate of drug-likeness (QED) is 0.288. The molecule has 2 bridgehead atoms. The summed E-state index contributed by atoms with van der Waals surface area (Å²) in [6.07, 6.45) is -3.38. The zero-order chi connectivity index (χ0) is 23.2. The minimum Gasteiger partial charge on any atom is -0.504 e. The Kier molecular flexibility index (Phi) is 4.77. The maximum atomic E-state index is 10.8. The minimum atomic E-state index is -1.65. The van der Waals surface area contributed by atoms with Crippen LogP contribution < -0.4 is 9.47 Å². The SMILES string of the molecule is CN1CC[C@]23c4c5c(OC[C@H]6O[C@H](O)[C@@H](O)[C@@H](O)[C@@H]6O)cc(O)c4O[C@H]2[C@@H](O)C=C[C@H]3[C@H]1C5. The van der Waals surface area contributed by atoms with Crippen molar-refractivity contribution in [2.24, 2.45) is 5.92 Å². The number of ether oxygens (including phenoxy) is 3. The first-order chi connectivity index (χ1) is 15.7. The van der Waals surface area contributed by atoms with Crippen LogP contribution in [0.1, 0.15) is 17.5 Å². The molecular formula is C23H29NO9. The first-order valence-corrected chi connectivity index (χ1v) is 11.4. The number of aliphatic hydroxyl groups is 5. The van der Waals surface area contributed by atoms with E-state index in [1.807, 2.05) is 0 Å². The van der Waals surface area contributed by atoms with Gasteiger partial charge in [0.15, 0.2) is 17.8 Å². The molecule has 2 aliphatic carbocycles. The molecule has 5 aliphatic rings. The van der Waals surface area contributed by atoms with Crippen LogP contribution >= 0.6 is 0 Å². The van der Waals surface area contributed by atoms with E-state index in [4.69, 9.17) is 14.2 Å². The monoisotopic (exact) mass is 463 g/mol. The van der Waals surface area contributed by atoms with Crippen molar-refractivity contribution in [3.63, 3.8) is 0 Å². The lowest BCUT2D eigenvalue weighted by Crippen LogP contribution is -2.64. The minimum absolute atomic E-state index is 0.0866. The summed E-state index contributed by atoms with van der Waals surface area (Å²) in [7, 11) is 2.08. The average Bonchev–Trinajstić information content (AvgIpc) is 3.15. The number of nitrogens with zero attached hydrogens (tertiary/aromatic N) is 1. The summed E-state index contributed by atoms with van der Waals surface area (Å²) in [6.45, 7) is 0.628. The van der Waals surface area contributed by atoms with Crippen molar-refractivity contribution < 1.29 is 44.8 Å². The maximum Gasteiger partial charge on any atom is 0.184 e. The Morgan fingerprint density at radius 1 is 1.12 bits per heavy atom. The van der Waals surface area contributed by atoms with E-state index in [1.54, 1.807) is 6.08 Å². The van der Waals surface area contributed by atoms with Crippen LogP contribution in [0.5, 0.6) is 17.2 Å². The van der Waals surface area contributed by atoms with Crippen LogP contribution in [0.4, 0.5) is 0 Å². The van der Waals surface area contributed by atoms with Gasteiger partial charge in [-0.2, -0.15) is 0 Å². The van der Waals surface area contributed by atoms with Crippen molar-refractivity contribution in [2.45, 2.75) is 67.2 Å². The lowest BCUT2D eigenvalue weighted by molar-refractivity contribution is -0.285. The number of likely N-dealkylation sites (tertiary alicyclic amines) is 1. The fourth-order valence-electron chi connectivity index (χ4n) is 6.66. The van der Waals surface area contributed by atoms with Gasteiger partial charge in [-0.25, -0.2) is 0 Å². The molecule has 3 aliphatic heterocycles. The Hall–Kier alpha value is -1.92. The molecule has 10 heteroatoms. The molecule has 2 saturated heterocycles. The van der Waals surface area contributed by atoms with Crippen molar-refractivity contribution in [3.05, 3.63) is 29.3 Å². The van der Waals surface area contributed by atoms with Crippen molar-refractivity contribution in [1.82, 2.24) is 4.90 Å². The number of likely N-dealkylation sites (N-methyl/N-ethyl adjacent to an activating group) is 1. The van der Waals surface area contributed by atoms with Crippen LogP contribution in [0.3, 0.4) is 0 Å². The van der Waals surface area contributed by atoms with Gasteiger partial charge < -0.3 is 49.7 Å². The summed E-state index contributed by atoms with van der Waals surface area (Å²) in [5, 5.41) is 61.3. The topological polar surface area (TPSA) is 152 Å². The van der Waals surface area contributed by atoms with Crippen molar-refractivity contribution in [3.8, 4) is 17.2 Å². The predicted octanol–water partition coefficient (Wildman–Crippen LogP) is -1.62. The van der Waals surface area contributed by atoms with Gasteiger partial charge >= 0.3 is 0 Å². The number of hydrogen-bond acceptors (Lipinski definition) is 10. The first-order valence-electron chi connectivity index (χ1n) is 11.4. The van der Waals surface area contributed by atoms with E-state index in [2.05, 4.69) is 18.0 Å². The molecule has 3 heterocycles. The third-order valence-electron chi connectivity index (χ3n) is 8.33. The second-order valence-electron chi connectivity index (χ2n) is 9.91. The van der Waals surface area contributed by atoms with E-state index in [0.717, 1.165) is 24.1 Å². The molecule has 1 aromatic rings. The highest BCUT2D eigenvalue weighted by Crippen LogP contribution is 2.63. The molecular weight excluding hydrogens is 434 g/mol.